The van der Waals surface area contributed by atoms with Crippen molar-refractivity contribution in [1.82, 2.24) is 29.5 Å². The van der Waals surface area contributed by atoms with E-state index in [9.17, 15) is 0 Å². The first kappa shape index (κ1) is 18.4. The van der Waals surface area contributed by atoms with E-state index in [0.717, 1.165) is 28.2 Å². The van der Waals surface area contributed by atoms with Gasteiger partial charge in [0.15, 0.2) is 11.6 Å². The van der Waals surface area contributed by atoms with Gasteiger partial charge in [-0.2, -0.15) is 15.5 Å². The molecule has 0 unspecified atom stereocenters. The Labute approximate surface area is 168 Å². The molecule has 0 saturated heterocycles. The Morgan fingerprint density at radius 3 is 2.41 bits per heavy atom. The van der Waals surface area contributed by atoms with Crippen LogP contribution in [0.4, 0.5) is 11.6 Å². The van der Waals surface area contributed by atoms with Gasteiger partial charge in [0.05, 0.1) is 23.0 Å². The number of aryl methyl sites for hydroxylation is 3. The van der Waals surface area contributed by atoms with Crippen LogP contribution in [0.3, 0.4) is 0 Å². The lowest BCUT2D eigenvalue weighted by Crippen LogP contribution is -2.04. The topological polar surface area (TPSA) is 97.2 Å². The highest BCUT2D eigenvalue weighted by atomic mass is 15.3. The third-order valence-electron chi connectivity index (χ3n) is 4.70. The SMILES string of the molecule is Cc1cc(C)n(-c2cc(Nc3nn(C)c(-c4ccc(C#N)cc4)c3C)ncn2)n1. The molecule has 144 valence electrons. The molecule has 29 heavy (non-hydrogen) atoms. The van der Waals surface area contributed by atoms with E-state index in [1.54, 1.807) is 16.8 Å². The van der Waals surface area contributed by atoms with E-state index in [2.05, 4.69) is 31.6 Å². The number of aromatic nitrogens is 6. The Balaban J connectivity index is 1.66. The van der Waals surface area contributed by atoms with Crippen LogP contribution >= 0.6 is 0 Å². The highest BCUT2D eigenvalue weighted by molar-refractivity contribution is 5.71. The van der Waals surface area contributed by atoms with Crippen LogP contribution in [0.1, 0.15) is 22.5 Å². The summed E-state index contributed by atoms with van der Waals surface area (Å²) in [5.41, 5.74) is 5.53. The third kappa shape index (κ3) is 3.46. The van der Waals surface area contributed by atoms with Gasteiger partial charge in [-0.15, -0.1) is 0 Å². The van der Waals surface area contributed by atoms with E-state index in [0.29, 0.717) is 23.0 Å². The van der Waals surface area contributed by atoms with Gasteiger partial charge in [-0.1, -0.05) is 12.1 Å². The maximum atomic E-state index is 9.00. The van der Waals surface area contributed by atoms with E-state index >= 15 is 0 Å². The molecule has 0 radical (unpaired) electrons. The summed E-state index contributed by atoms with van der Waals surface area (Å²) in [6.07, 6.45) is 1.51. The molecule has 0 spiro atoms. The number of nitrogens with zero attached hydrogens (tertiary/aromatic N) is 7. The Kier molecular flexibility index (Phi) is 4.56. The van der Waals surface area contributed by atoms with E-state index in [-0.39, 0.29) is 0 Å². The standard InChI is InChI=1S/C21H20N8/c1-13-9-14(2)29(26-13)19-10-18(23-12-24-19)25-21-15(3)20(28(4)27-21)17-7-5-16(11-22)6-8-17/h5-10,12H,1-4H3,(H,23,24,25,27). The van der Waals surface area contributed by atoms with Crippen molar-refractivity contribution in [2.45, 2.75) is 20.8 Å². The molecule has 0 amide bonds. The molecule has 8 heteroatoms. The molecule has 0 atom stereocenters. The largest absolute Gasteiger partial charge is 0.323 e. The highest BCUT2D eigenvalue weighted by Crippen LogP contribution is 2.29. The minimum absolute atomic E-state index is 0.629. The Morgan fingerprint density at radius 2 is 1.76 bits per heavy atom. The van der Waals surface area contributed by atoms with E-state index < -0.39 is 0 Å². The minimum atomic E-state index is 0.629. The molecule has 0 fully saturated rings. The molecule has 3 aromatic heterocycles. The normalized spacial score (nSPS) is 10.7. The van der Waals surface area contributed by atoms with Gasteiger partial charge in [-0.3, -0.25) is 4.68 Å². The Morgan fingerprint density at radius 1 is 1.00 bits per heavy atom. The fourth-order valence-corrected chi connectivity index (χ4v) is 3.37. The summed E-state index contributed by atoms with van der Waals surface area (Å²) in [6.45, 7) is 5.94. The first-order valence-electron chi connectivity index (χ1n) is 9.13. The lowest BCUT2D eigenvalue weighted by Gasteiger charge is -2.07. The van der Waals surface area contributed by atoms with Crippen molar-refractivity contribution < 1.29 is 0 Å². The van der Waals surface area contributed by atoms with Crippen LogP contribution in [0.25, 0.3) is 17.1 Å². The van der Waals surface area contributed by atoms with Gasteiger partial charge in [0.2, 0.25) is 0 Å². The van der Waals surface area contributed by atoms with Crippen LogP contribution in [-0.4, -0.2) is 29.5 Å². The van der Waals surface area contributed by atoms with Crippen molar-refractivity contribution in [3.05, 3.63) is 65.2 Å². The Hall–Kier alpha value is -3.99. The average molecular weight is 384 g/mol. The second-order valence-electron chi connectivity index (χ2n) is 6.86. The second-order valence-corrected chi connectivity index (χ2v) is 6.86. The summed E-state index contributed by atoms with van der Waals surface area (Å²) in [6, 6.07) is 13.5. The second kappa shape index (κ2) is 7.20. The average Bonchev–Trinajstić information content (AvgIpc) is 3.19. The quantitative estimate of drug-likeness (QED) is 0.577. The number of hydrogen-bond acceptors (Lipinski definition) is 6. The summed E-state index contributed by atoms with van der Waals surface area (Å²) < 4.78 is 3.61. The van der Waals surface area contributed by atoms with Gasteiger partial charge in [0, 0.05) is 29.9 Å². The summed E-state index contributed by atoms with van der Waals surface area (Å²) in [5.74, 6) is 2.04. The molecule has 3 heterocycles. The zero-order valence-corrected chi connectivity index (χ0v) is 16.7. The molecule has 4 rings (SSSR count). The molecule has 1 N–H and O–H groups in total. The fraction of sp³-hybridized carbons (Fsp3) is 0.190. The molecular formula is C21H20N8. The molecule has 1 aromatic carbocycles. The van der Waals surface area contributed by atoms with Crippen molar-refractivity contribution in [1.29, 1.82) is 5.26 Å². The zero-order valence-electron chi connectivity index (χ0n) is 16.7. The van der Waals surface area contributed by atoms with Crippen LogP contribution in [0.15, 0.2) is 42.7 Å². The van der Waals surface area contributed by atoms with Crippen molar-refractivity contribution >= 4 is 11.6 Å². The third-order valence-corrected chi connectivity index (χ3v) is 4.70. The molecule has 4 aromatic rings. The molecule has 0 aliphatic heterocycles. The molecule has 0 aliphatic rings. The number of benzene rings is 1. The molecule has 0 bridgehead atoms. The summed E-state index contributed by atoms with van der Waals surface area (Å²) >= 11 is 0. The van der Waals surface area contributed by atoms with Crippen molar-refractivity contribution in [3.8, 4) is 23.1 Å². The molecule has 0 saturated carbocycles. The maximum Gasteiger partial charge on any atom is 0.159 e. The van der Waals surface area contributed by atoms with Crippen molar-refractivity contribution in [2.24, 2.45) is 7.05 Å². The number of hydrogen-bond donors (Lipinski definition) is 1. The number of nitrogens with one attached hydrogen (secondary N) is 1. The molecule has 0 aliphatic carbocycles. The van der Waals surface area contributed by atoms with Crippen LogP contribution in [-0.2, 0) is 7.05 Å². The van der Waals surface area contributed by atoms with Crippen molar-refractivity contribution in [2.75, 3.05) is 5.32 Å². The number of rotatable bonds is 4. The molecule has 8 nitrogen and oxygen atoms in total. The van der Waals surface area contributed by atoms with E-state index in [4.69, 9.17) is 5.26 Å². The highest BCUT2D eigenvalue weighted by Gasteiger charge is 2.15. The van der Waals surface area contributed by atoms with E-state index in [1.165, 1.54) is 6.33 Å². The van der Waals surface area contributed by atoms with Crippen molar-refractivity contribution in [3.63, 3.8) is 0 Å². The first-order valence-corrected chi connectivity index (χ1v) is 9.13. The van der Waals surface area contributed by atoms with Gasteiger partial charge >= 0.3 is 0 Å². The smallest absolute Gasteiger partial charge is 0.159 e. The van der Waals surface area contributed by atoms with Crippen LogP contribution < -0.4 is 5.32 Å². The van der Waals surface area contributed by atoms with E-state index in [1.807, 2.05) is 56.8 Å². The lowest BCUT2D eigenvalue weighted by atomic mass is 10.1. The summed E-state index contributed by atoms with van der Waals surface area (Å²) in [5, 5.41) is 21.4. The number of nitriles is 1. The molecular weight excluding hydrogens is 364 g/mol. The maximum absolute atomic E-state index is 9.00. The number of anilines is 2. The minimum Gasteiger partial charge on any atom is -0.323 e. The van der Waals surface area contributed by atoms with Gasteiger partial charge in [-0.05, 0) is 39.0 Å². The monoisotopic (exact) mass is 384 g/mol. The lowest BCUT2D eigenvalue weighted by molar-refractivity contribution is 0.778. The van der Waals surface area contributed by atoms with Gasteiger partial charge in [0.1, 0.15) is 12.1 Å². The first-order chi connectivity index (χ1) is 14.0. The van der Waals surface area contributed by atoms with Gasteiger partial charge < -0.3 is 5.32 Å². The fourth-order valence-electron chi connectivity index (χ4n) is 3.37. The Bertz CT molecular complexity index is 1220. The zero-order chi connectivity index (χ0) is 20.5. The summed E-state index contributed by atoms with van der Waals surface area (Å²) in [4.78, 5) is 8.66. The van der Waals surface area contributed by atoms with Gasteiger partial charge in [-0.25, -0.2) is 14.6 Å². The predicted octanol–water partition coefficient (Wildman–Crippen LogP) is 3.60. The van der Waals surface area contributed by atoms with Crippen LogP contribution in [0.5, 0.6) is 0 Å². The van der Waals surface area contributed by atoms with Crippen LogP contribution in [0, 0.1) is 32.1 Å². The predicted molar refractivity (Wildman–Crippen MR) is 110 cm³/mol. The van der Waals surface area contributed by atoms with Gasteiger partial charge in [0.25, 0.3) is 0 Å². The van der Waals surface area contributed by atoms with Crippen LogP contribution in [0.2, 0.25) is 0 Å². The summed E-state index contributed by atoms with van der Waals surface area (Å²) in [7, 11) is 1.90.